The van der Waals surface area contributed by atoms with E-state index in [4.69, 9.17) is 4.74 Å². The lowest BCUT2D eigenvalue weighted by Crippen LogP contribution is -2.30. The van der Waals surface area contributed by atoms with Crippen molar-refractivity contribution >= 4 is 0 Å². The highest BCUT2D eigenvalue weighted by atomic mass is 19.1. The fraction of sp³-hybridized carbons (Fsp3) is 0.769. The number of alkyl halides is 1. The number of aryl methyl sites for hydroxylation is 1. The molecule has 1 saturated heterocycles. The highest BCUT2D eigenvalue weighted by molar-refractivity contribution is 5.28. The van der Waals surface area contributed by atoms with Crippen molar-refractivity contribution in [3.05, 3.63) is 11.9 Å². The molecule has 2 heterocycles. The van der Waals surface area contributed by atoms with Gasteiger partial charge in [-0.25, -0.2) is 4.39 Å². The average Bonchev–Trinajstić information content (AvgIpc) is 2.82. The Balaban J connectivity index is 2.20. The molecule has 1 aromatic rings. The molecule has 1 aliphatic rings. The molecular weight excluding hydrogens is 233 g/mol. The van der Waals surface area contributed by atoms with Crippen molar-refractivity contribution in [2.75, 3.05) is 20.2 Å². The molecule has 0 amide bonds. The van der Waals surface area contributed by atoms with Crippen LogP contribution in [0.15, 0.2) is 6.20 Å². The lowest BCUT2D eigenvalue weighted by Gasteiger charge is -2.26. The number of halogens is 1. The number of piperidine rings is 1. The molecule has 0 saturated carbocycles. The number of hydrogen-bond donors (Lipinski definition) is 1. The Hall–Kier alpha value is -1.10. The molecule has 0 bridgehead atoms. The first-order chi connectivity index (χ1) is 8.77. The number of rotatable bonds is 5. The van der Waals surface area contributed by atoms with Crippen LogP contribution in [-0.4, -0.2) is 30.0 Å². The normalized spacial score (nSPS) is 18.8. The number of nitrogens with one attached hydrogen (secondary N) is 1. The van der Waals surface area contributed by atoms with Crippen LogP contribution in [0.1, 0.15) is 38.1 Å². The van der Waals surface area contributed by atoms with Gasteiger partial charge in [-0.3, -0.25) is 4.68 Å². The zero-order valence-electron chi connectivity index (χ0n) is 11.2. The van der Waals surface area contributed by atoms with Gasteiger partial charge in [-0.2, -0.15) is 5.10 Å². The third-order valence-corrected chi connectivity index (χ3v) is 3.56. The summed E-state index contributed by atoms with van der Waals surface area (Å²) in [4.78, 5) is 0. The van der Waals surface area contributed by atoms with Gasteiger partial charge in [0, 0.05) is 6.54 Å². The molecule has 1 N–H and O–H groups in total. The van der Waals surface area contributed by atoms with Gasteiger partial charge >= 0.3 is 0 Å². The molecule has 1 atom stereocenters. The molecule has 0 radical (unpaired) electrons. The van der Waals surface area contributed by atoms with Crippen LogP contribution in [0.4, 0.5) is 4.39 Å². The van der Waals surface area contributed by atoms with Crippen molar-refractivity contribution in [2.45, 2.75) is 38.9 Å². The number of methoxy groups -OCH3 is 1. The quantitative estimate of drug-likeness (QED) is 0.877. The fourth-order valence-electron chi connectivity index (χ4n) is 2.56. The molecule has 1 aliphatic heterocycles. The highest BCUT2D eigenvalue weighted by Gasteiger charge is 2.30. The minimum Gasteiger partial charge on any atom is -0.493 e. The van der Waals surface area contributed by atoms with Crippen LogP contribution in [0, 0.1) is 5.92 Å². The van der Waals surface area contributed by atoms with E-state index in [1.165, 1.54) is 0 Å². The molecule has 0 spiro atoms. The lowest BCUT2D eigenvalue weighted by molar-refractivity contribution is 0.175. The molecule has 0 aliphatic carbocycles. The second kappa shape index (κ2) is 6.18. The number of ether oxygens (including phenoxy) is 1. The van der Waals surface area contributed by atoms with Gasteiger partial charge in [0.05, 0.1) is 13.3 Å². The van der Waals surface area contributed by atoms with Crippen LogP contribution < -0.4 is 10.1 Å². The van der Waals surface area contributed by atoms with Crippen LogP contribution in [0.2, 0.25) is 0 Å². The van der Waals surface area contributed by atoms with E-state index in [1.807, 2.05) is 0 Å². The lowest BCUT2D eigenvalue weighted by atomic mass is 9.91. The molecule has 5 heteroatoms. The maximum absolute atomic E-state index is 14.7. The van der Waals surface area contributed by atoms with Gasteiger partial charge in [0.1, 0.15) is 11.9 Å². The first-order valence-electron chi connectivity index (χ1n) is 6.72. The second-order valence-electron chi connectivity index (χ2n) is 4.81. The van der Waals surface area contributed by atoms with E-state index in [0.717, 1.165) is 38.9 Å². The first-order valence-corrected chi connectivity index (χ1v) is 6.72. The van der Waals surface area contributed by atoms with Gasteiger partial charge in [0.15, 0.2) is 5.75 Å². The number of nitrogens with zero attached hydrogens (tertiary/aromatic N) is 2. The van der Waals surface area contributed by atoms with E-state index in [1.54, 1.807) is 18.0 Å². The van der Waals surface area contributed by atoms with Gasteiger partial charge in [0.2, 0.25) is 0 Å². The summed E-state index contributed by atoms with van der Waals surface area (Å²) in [6.07, 6.45) is 3.34. The fourth-order valence-corrected chi connectivity index (χ4v) is 2.56. The maximum atomic E-state index is 14.7. The monoisotopic (exact) mass is 255 g/mol. The third-order valence-electron chi connectivity index (χ3n) is 3.56. The Bertz CT molecular complexity index is 374. The summed E-state index contributed by atoms with van der Waals surface area (Å²) in [7, 11) is 1.58. The van der Waals surface area contributed by atoms with Gasteiger partial charge in [-0.1, -0.05) is 6.92 Å². The van der Waals surface area contributed by atoms with E-state index in [0.29, 0.717) is 11.4 Å². The average molecular weight is 255 g/mol. The molecule has 0 aromatic carbocycles. The van der Waals surface area contributed by atoms with Crippen LogP contribution in [0.5, 0.6) is 5.75 Å². The van der Waals surface area contributed by atoms with Crippen molar-refractivity contribution in [1.82, 2.24) is 15.1 Å². The predicted octanol–water partition coefficient (Wildman–Crippen LogP) is 2.31. The van der Waals surface area contributed by atoms with Gasteiger partial charge in [0.25, 0.3) is 0 Å². The van der Waals surface area contributed by atoms with Crippen LogP contribution in [-0.2, 0) is 6.54 Å². The summed E-state index contributed by atoms with van der Waals surface area (Å²) in [5.41, 5.74) is 0.617. The summed E-state index contributed by atoms with van der Waals surface area (Å²) in [6.45, 7) is 4.60. The molecule has 18 heavy (non-hydrogen) atoms. The zero-order chi connectivity index (χ0) is 13.0. The summed E-state index contributed by atoms with van der Waals surface area (Å²) in [5.74, 6) is 0.655. The van der Waals surface area contributed by atoms with E-state index in [9.17, 15) is 4.39 Å². The van der Waals surface area contributed by atoms with Crippen molar-refractivity contribution in [3.63, 3.8) is 0 Å². The molecule has 1 fully saturated rings. The second-order valence-corrected chi connectivity index (χ2v) is 4.81. The number of hydrogen-bond acceptors (Lipinski definition) is 3. The SMILES string of the molecule is CCCn1ncc(OC)c1C(F)C1CCNCC1. The van der Waals surface area contributed by atoms with Crippen LogP contribution >= 0.6 is 0 Å². The van der Waals surface area contributed by atoms with Gasteiger partial charge in [-0.15, -0.1) is 0 Å². The van der Waals surface area contributed by atoms with Crippen molar-refractivity contribution in [2.24, 2.45) is 5.92 Å². The van der Waals surface area contributed by atoms with E-state index < -0.39 is 6.17 Å². The Morgan fingerprint density at radius 1 is 1.56 bits per heavy atom. The molecule has 1 unspecified atom stereocenters. The molecule has 1 aromatic heterocycles. The summed E-state index contributed by atoms with van der Waals surface area (Å²) < 4.78 is 21.7. The van der Waals surface area contributed by atoms with Gasteiger partial charge < -0.3 is 10.1 Å². The molecular formula is C13H22FN3O. The highest BCUT2D eigenvalue weighted by Crippen LogP contribution is 2.37. The molecule has 102 valence electrons. The minimum absolute atomic E-state index is 0.0763. The van der Waals surface area contributed by atoms with Crippen LogP contribution in [0.25, 0.3) is 0 Å². The van der Waals surface area contributed by atoms with E-state index in [-0.39, 0.29) is 5.92 Å². The summed E-state index contributed by atoms with van der Waals surface area (Å²) in [6, 6.07) is 0. The maximum Gasteiger partial charge on any atom is 0.162 e. The number of aromatic nitrogens is 2. The first kappa shape index (κ1) is 13.3. The topological polar surface area (TPSA) is 39.1 Å². The summed E-state index contributed by atoms with van der Waals surface area (Å²) in [5, 5.41) is 7.49. The zero-order valence-corrected chi connectivity index (χ0v) is 11.2. The predicted molar refractivity (Wildman–Crippen MR) is 68.5 cm³/mol. The van der Waals surface area contributed by atoms with Crippen molar-refractivity contribution in [3.8, 4) is 5.75 Å². The smallest absolute Gasteiger partial charge is 0.162 e. The molecule has 2 rings (SSSR count). The summed E-state index contributed by atoms with van der Waals surface area (Å²) >= 11 is 0. The largest absolute Gasteiger partial charge is 0.493 e. The Labute approximate surface area is 108 Å². The Morgan fingerprint density at radius 2 is 2.28 bits per heavy atom. The van der Waals surface area contributed by atoms with Crippen molar-refractivity contribution in [1.29, 1.82) is 0 Å². The Morgan fingerprint density at radius 3 is 2.89 bits per heavy atom. The van der Waals surface area contributed by atoms with Crippen molar-refractivity contribution < 1.29 is 9.13 Å². The minimum atomic E-state index is -0.976. The Kier molecular flexibility index (Phi) is 4.58. The third kappa shape index (κ3) is 2.66. The van der Waals surface area contributed by atoms with E-state index >= 15 is 0 Å². The van der Waals surface area contributed by atoms with Crippen LogP contribution in [0.3, 0.4) is 0 Å². The van der Waals surface area contributed by atoms with E-state index in [2.05, 4.69) is 17.3 Å². The van der Waals surface area contributed by atoms with Gasteiger partial charge in [-0.05, 0) is 38.3 Å². The molecule has 4 nitrogen and oxygen atoms in total. The standard InChI is InChI=1S/C13H22FN3O/c1-3-8-17-13(11(18-2)9-16-17)12(14)10-4-6-15-7-5-10/h9-10,12,15H,3-8H2,1-2H3.